The van der Waals surface area contributed by atoms with Crippen molar-refractivity contribution in [3.8, 4) is 5.75 Å². The van der Waals surface area contributed by atoms with E-state index in [1.54, 1.807) is 37.3 Å². The molecular weight excluding hydrogens is 412 g/mol. The van der Waals surface area contributed by atoms with Crippen LogP contribution >= 0.6 is 15.9 Å². The lowest BCUT2D eigenvalue weighted by Crippen LogP contribution is -2.46. The number of Topliss-reactive ketones (excluding diaryl/α,β-unsaturated/α-hetero) is 1. The molecule has 2 aromatic carbocycles. The Morgan fingerprint density at radius 1 is 1.26 bits per heavy atom. The van der Waals surface area contributed by atoms with Gasteiger partial charge in [0.1, 0.15) is 11.8 Å². The minimum atomic E-state index is -0.813. The number of rotatable bonds is 5. The number of ketones is 1. The summed E-state index contributed by atoms with van der Waals surface area (Å²) < 4.78 is 5.97. The molecule has 0 spiro atoms. The normalized spacial score (nSPS) is 14.1. The van der Waals surface area contributed by atoms with Crippen molar-refractivity contribution in [2.45, 2.75) is 26.3 Å². The number of benzene rings is 2. The van der Waals surface area contributed by atoms with Crippen LogP contribution in [0.3, 0.4) is 0 Å². The van der Waals surface area contributed by atoms with Crippen LogP contribution in [0.15, 0.2) is 40.9 Å². The molecule has 1 aliphatic heterocycles. The first-order valence-corrected chi connectivity index (χ1v) is 9.30. The van der Waals surface area contributed by atoms with Crippen molar-refractivity contribution in [2.24, 2.45) is 0 Å². The second kappa shape index (κ2) is 7.52. The first-order chi connectivity index (χ1) is 12.9. The standard InChI is InChI=1S/C20H19BrN2O4/c1-4-15(19(25)22-14-7-5-6-8-16(14)27-3)23-17-11(2)9-12(21)10-13(17)18(24)20(23)26/h5-10,15H,4H2,1-3H3,(H,22,25). The van der Waals surface area contributed by atoms with Gasteiger partial charge in [0.05, 0.1) is 24.0 Å². The van der Waals surface area contributed by atoms with Crippen molar-refractivity contribution < 1.29 is 19.1 Å². The van der Waals surface area contributed by atoms with E-state index in [1.165, 1.54) is 12.0 Å². The lowest BCUT2D eigenvalue weighted by molar-refractivity contribution is -0.121. The zero-order valence-corrected chi connectivity index (χ0v) is 16.8. The molecule has 1 aliphatic rings. The van der Waals surface area contributed by atoms with Gasteiger partial charge in [0.2, 0.25) is 5.91 Å². The lowest BCUT2D eigenvalue weighted by atomic mass is 10.1. The highest BCUT2D eigenvalue weighted by Gasteiger charge is 2.43. The smallest absolute Gasteiger partial charge is 0.300 e. The fraction of sp³-hybridized carbons (Fsp3) is 0.250. The number of halogens is 1. The number of anilines is 2. The zero-order chi connectivity index (χ0) is 19.7. The molecule has 0 saturated carbocycles. The number of nitrogens with one attached hydrogen (secondary N) is 1. The van der Waals surface area contributed by atoms with Crippen molar-refractivity contribution in [1.29, 1.82) is 0 Å². The van der Waals surface area contributed by atoms with Crippen molar-refractivity contribution in [3.05, 3.63) is 52.0 Å². The molecule has 0 saturated heterocycles. The molecule has 2 amide bonds. The highest BCUT2D eigenvalue weighted by atomic mass is 79.9. The predicted octanol–water partition coefficient (Wildman–Crippen LogP) is 3.71. The van der Waals surface area contributed by atoms with Gasteiger partial charge in [-0.1, -0.05) is 35.0 Å². The summed E-state index contributed by atoms with van der Waals surface area (Å²) in [6, 6.07) is 9.66. The Labute approximate surface area is 165 Å². The fourth-order valence-corrected chi connectivity index (χ4v) is 3.87. The fourth-order valence-electron chi connectivity index (χ4n) is 3.30. The number of para-hydroxylation sites is 2. The quantitative estimate of drug-likeness (QED) is 0.733. The third-order valence-electron chi connectivity index (χ3n) is 4.53. The predicted molar refractivity (Wildman–Crippen MR) is 106 cm³/mol. The minimum Gasteiger partial charge on any atom is -0.495 e. The molecule has 1 atom stereocenters. The monoisotopic (exact) mass is 430 g/mol. The van der Waals surface area contributed by atoms with Gasteiger partial charge in [-0.3, -0.25) is 19.3 Å². The summed E-state index contributed by atoms with van der Waals surface area (Å²) >= 11 is 3.35. The third-order valence-corrected chi connectivity index (χ3v) is 4.99. The van der Waals surface area contributed by atoms with Gasteiger partial charge in [-0.2, -0.15) is 0 Å². The third kappa shape index (κ3) is 3.35. The van der Waals surface area contributed by atoms with Crippen LogP contribution < -0.4 is 15.0 Å². The van der Waals surface area contributed by atoms with Crippen LogP contribution in [0.4, 0.5) is 11.4 Å². The van der Waals surface area contributed by atoms with Gasteiger partial charge in [0, 0.05) is 4.47 Å². The number of ether oxygens (including phenoxy) is 1. The molecule has 1 N–H and O–H groups in total. The van der Waals surface area contributed by atoms with Crippen molar-refractivity contribution in [3.63, 3.8) is 0 Å². The van der Waals surface area contributed by atoms with Gasteiger partial charge in [0.25, 0.3) is 11.7 Å². The van der Waals surface area contributed by atoms with Crippen molar-refractivity contribution in [2.75, 3.05) is 17.3 Å². The van der Waals surface area contributed by atoms with Crippen LogP contribution in [0.5, 0.6) is 5.75 Å². The largest absolute Gasteiger partial charge is 0.495 e. The number of nitrogens with zero attached hydrogens (tertiary/aromatic N) is 1. The van der Waals surface area contributed by atoms with Crippen LogP contribution in [0.25, 0.3) is 0 Å². The molecule has 2 aromatic rings. The van der Waals surface area contributed by atoms with Gasteiger partial charge in [-0.05, 0) is 43.2 Å². The highest BCUT2D eigenvalue weighted by Crippen LogP contribution is 2.37. The molecule has 6 nitrogen and oxygen atoms in total. The summed E-state index contributed by atoms with van der Waals surface area (Å²) in [5.74, 6) is -1.14. The first kappa shape index (κ1) is 19.1. The van der Waals surface area contributed by atoms with E-state index in [1.807, 2.05) is 13.0 Å². The Kier molecular flexibility index (Phi) is 5.32. The number of hydrogen-bond acceptors (Lipinski definition) is 4. The summed E-state index contributed by atoms with van der Waals surface area (Å²) in [7, 11) is 1.52. The van der Waals surface area contributed by atoms with Gasteiger partial charge in [0.15, 0.2) is 0 Å². The molecule has 3 rings (SSSR count). The molecule has 0 bridgehead atoms. The molecule has 27 heavy (non-hydrogen) atoms. The van der Waals surface area contributed by atoms with Crippen LogP contribution in [0, 0.1) is 6.92 Å². The number of methoxy groups -OCH3 is 1. The maximum Gasteiger partial charge on any atom is 0.300 e. The number of amides is 2. The van der Waals surface area contributed by atoms with E-state index in [-0.39, 0.29) is 5.91 Å². The maximum atomic E-state index is 13.0. The molecule has 1 heterocycles. The first-order valence-electron chi connectivity index (χ1n) is 8.51. The van der Waals surface area contributed by atoms with Gasteiger partial charge in [-0.25, -0.2) is 0 Å². The summed E-state index contributed by atoms with van der Waals surface area (Å²) in [6.07, 6.45) is 0.356. The van der Waals surface area contributed by atoms with E-state index in [9.17, 15) is 14.4 Å². The van der Waals surface area contributed by atoms with Crippen molar-refractivity contribution in [1.82, 2.24) is 0 Å². The molecule has 1 unspecified atom stereocenters. The van der Waals surface area contributed by atoms with E-state index >= 15 is 0 Å². The van der Waals surface area contributed by atoms with Gasteiger partial charge in [-0.15, -0.1) is 0 Å². The summed E-state index contributed by atoms with van der Waals surface area (Å²) in [6.45, 7) is 3.61. The molecule has 0 aromatic heterocycles. The Balaban J connectivity index is 1.98. The second-order valence-corrected chi connectivity index (χ2v) is 7.15. The molecule has 0 aliphatic carbocycles. The van der Waals surface area contributed by atoms with E-state index in [0.29, 0.717) is 33.6 Å². The number of carbonyl (C=O) groups excluding carboxylic acids is 3. The van der Waals surface area contributed by atoms with E-state index in [4.69, 9.17) is 4.74 Å². The van der Waals surface area contributed by atoms with Gasteiger partial charge < -0.3 is 10.1 Å². The number of fused-ring (bicyclic) bond motifs is 1. The minimum absolute atomic E-state index is 0.315. The van der Waals surface area contributed by atoms with Crippen LogP contribution in [-0.4, -0.2) is 30.7 Å². The molecule has 140 valence electrons. The van der Waals surface area contributed by atoms with Crippen LogP contribution in [0.2, 0.25) is 0 Å². The Bertz CT molecular complexity index is 942. The molecule has 0 radical (unpaired) electrons. The maximum absolute atomic E-state index is 13.0. The molecule has 0 fully saturated rings. The van der Waals surface area contributed by atoms with Crippen LogP contribution in [-0.2, 0) is 9.59 Å². The molecular formula is C20H19BrN2O4. The van der Waals surface area contributed by atoms with E-state index < -0.39 is 17.7 Å². The summed E-state index contributed by atoms with van der Waals surface area (Å²) in [5, 5.41) is 2.81. The van der Waals surface area contributed by atoms with E-state index in [0.717, 1.165) is 5.56 Å². The topological polar surface area (TPSA) is 75.7 Å². The highest BCUT2D eigenvalue weighted by molar-refractivity contribution is 9.10. The average Bonchev–Trinajstić information content (AvgIpc) is 2.88. The Morgan fingerprint density at radius 2 is 1.96 bits per heavy atom. The van der Waals surface area contributed by atoms with Crippen LogP contribution in [0.1, 0.15) is 29.3 Å². The van der Waals surface area contributed by atoms with E-state index in [2.05, 4.69) is 21.2 Å². The second-order valence-electron chi connectivity index (χ2n) is 6.24. The summed E-state index contributed by atoms with van der Waals surface area (Å²) in [4.78, 5) is 39.4. The number of hydrogen-bond donors (Lipinski definition) is 1. The SMILES string of the molecule is CCC(C(=O)Nc1ccccc1OC)N1C(=O)C(=O)c2cc(Br)cc(C)c21. The molecule has 7 heteroatoms. The average molecular weight is 431 g/mol. The summed E-state index contributed by atoms with van der Waals surface area (Å²) in [5.41, 5.74) is 2.07. The number of aryl methyl sites for hydroxylation is 1. The number of carbonyl (C=O) groups is 3. The van der Waals surface area contributed by atoms with Crippen molar-refractivity contribution >= 4 is 44.9 Å². The lowest BCUT2D eigenvalue weighted by Gasteiger charge is -2.27. The zero-order valence-electron chi connectivity index (χ0n) is 15.2. The Hall–Kier alpha value is -2.67. The Morgan fingerprint density at radius 3 is 2.63 bits per heavy atom. The van der Waals surface area contributed by atoms with Gasteiger partial charge >= 0.3 is 0 Å².